The summed E-state index contributed by atoms with van der Waals surface area (Å²) in [7, 11) is 0. The third kappa shape index (κ3) is 2.19. The summed E-state index contributed by atoms with van der Waals surface area (Å²) in [4.78, 5) is 18.1. The Labute approximate surface area is 125 Å². The highest BCUT2D eigenvalue weighted by Crippen LogP contribution is 2.29. The van der Waals surface area contributed by atoms with Gasteiger partial charge in [-0.15, -0.1) is 11.3 Å². The van der Waals surface area contributed by atoms with Crippen molar-refractivity contribution >= 4 is 45.5 Å². The topological polar surface area (TPSA) is 37.8 Å². The summed E-state index contributed by atoms with van der Waals surface area (Å²) in [6.45, 7) is 4.07. The summed E-state index contributed by atoms with van der Waals surface area (Å²) in [6.07, 6.45) is 2.22. The molecule has 1 fully saturated rings. The quantitative estimate of drug-likeness (QED) is 0.814. The monoisotopic (exact) mass is 312 g/mol. The third-order valence-corrected chi connectivity index (χ3v) is 6.38. The van der Waals surface area contributed by atoms with Gasteiger partial charge in [0.2, 0.25) is 0 Å². The zero-order chi connectivity index (χ0) is 13.6. The Bertz CT molecular complexity index is 735. The highest BCUT2D eigenvalue weighted by molar-refractivity contribution is 7.99. The van der Waals surface area contributed by atoms with Crippen LogP contribution in [0.25, 0.3) is 10.2 Å². The van der Waals surface area contributed by atoms with Gasteiger partial charge < -0.3 is 4.98 Å². The van der Waals surface area contributed by atoms with Crippen LogP contribution in [0.4, 0.5) is 0 Å². The molecule has 1 aliphatic heterocycles. The van der Waals surface area contributed by atoms with Gasteiger partial charge in [0.15, 0.2) is 4.77 Å². The van der Waals surface area contributed by atoms with Gasteiger partial charge in [0.25, 0.3) is 5.56 Å². The van der Waals surface area contributed by atoms with Crippen LogP contribution in [0, 0.1) is 18.6 Å². The zero-order valence-corrected chi connectivity index (χ0v) is 13.4. The SMILES string of the molecule is Cc1sc2[nH]c(=S)n(C3CCCSC3)c(=O)c2c1C. The van der Waals surface area contributed by atoms with Crippen LogP contribution in [0.5, 0.6) is 0 Å². The molecule has 1 saturated heterocycles. The molecule has 19 heavy (non-hydrogen) atoms. The number of aromatic amines is 1. The molecule has 6 heteroatoms. The fourth-order valence-corrected chi connectivity index (χ4v) is 5.18. The van der Waals surface area contributed by atoms with Gasteiger partial charge in [-0.25, -0.2) is 0 Å². The standard InChI is InChI=1S/C13H16N2OS3/c1-7-8(2)19-11-10(7)12(16)15(13(17)14-11)9-4-3-5-18-6-9/h9H,3-6H2,1-2H3,(H,14,17). The molecule has 0 aliphatic carbocycles. The predicted octanol–water partition coefficient (Wildman–Crippen LogP) is 3.81. The van der Waals surface area contributed by atoms with E-state index in [4.69, 9.17) is 12.2 Å². The van der Waals surface area contributed by atoms with Crippen LogP contribution in [0.2, 0.25) is 0 Å². The van der Waals surface area contributed by atoms with Crippen molar-refractivity contribution in [1.29, 1.82) is 0 Å². The minimum atomic E-state index is 0.0908. The van der Waals surface area contributed by atoms with E-state index in [9.17, 15) is 4.79 Å². The number of hydrogen-bond donors (Lipinski definition) is 1. The van der Waals surface area contributed by atoms with Crippen molar-refractivity contribution in [3.8, 4) is 0 Å². The van der Waals surface area contributed by atoms with Crippen LogP contribution in [-0.4, -0.2) is 21.1 Å². The van der Waals surface area contributed by atoms with Crippen LogP contribution >= 0.6 is 35.3 Å². The molecular formula is C13H16N2OS3. The normalized spacial score (nSPS) is 20.0. The minimum absolute atomic E-state index is 0.0908. The van der Waals surface area contributed by atoms with E-state index in [0.717, 1.165) is 34.4 Å². The number of hydrogen-bond acceptors (Lipinski definition) is 4. The second-order valence-electron chi connectivity index (χ2n) is 4.96. The Kier molecular flexibility index (Phi) is 3.57. The molecular weight excluding hydrogens is 296 g/mol. The molecule has 3 heterocycles. The fourth-order valence-electron chi connectivity index (χ4n) is 2.60. The van der Waals surface area contributed by atoms with Gasteiger partial charge in [0.1, 0.15) is 4.83 Å². The Balaban J connectivity index is 2.27. The number of rotatable bonds is 1. The number of H-pyrrole nitrogens is 1. The van der Waals surface area contributed by atoms with Gasteiger partial charge in [-0.2, -0.15) is 11.8 Å². The largest absolute Gasteiger partial charge is 0.323 e. The molecule has 1 aliphatic rings. The van der Waals surface area contributed by atoms with E-state index in [2.05, 4.69) is 11.9 Å². The maximum atomic E-state index is 12.8. The Morgan fingerprint density at radius 2 is 2.21 bits per heavy atom. The average Bonchev–Trinajstić information content (AvgIpc) is 2.66. The number of thioether (sulfide) groups is 1. The number of nitrogens with one attached hydrogen (secondary N) is 1. The smallest absolute Gasteiger partial charge is 0.263 e. The van der Waals surface area contributed by atoms with Crippen LogP contribution < -0.4 is 5.56 Å². The molecule has 0 bridgehead atoms. The highest BCUT2D eigenvalue weighted by Gasteiger charge is 2.20. The molecule has 0 saturated carbocycles. The van der Waals surface area contributed by atoms with Crippen LogP contribution in [-0.2, 0) is 0 Å². The lowest BCUT2D eigenvalue weighted by molar-refractivity contribution is 0.478. The van der Waals surface area contributed by atoms with Gasteiger partial charge in [0.05, 0.1) is 5.39 Å². The summed E-state index contributed by atoms with van der Waals surface area (Å²) in [5.74, 6) is 2.19. The van der Waals surface area contributed by atoms with Crippen LogP contribution in [0.1, 0.15) is 29.3 Å². The van der Waals surface area contributed by atoms with Gasteiger partial charge >= 0.3 is 0 Å². The number of thiophene rings is 1. The number of aromatic nitrogens is 2. The summed E-state index contributed by atoms with van der Waals surface area (Å²) >= 11 is 8.94. The van der Waals surface area contributed by atoms with Crippen molar-refractivity contribution in [3.05, 3.63) is 25.6 Å². The Hall–Kier alpha value is -0.590. The molecule has 102 valence electrons. The second-order valence-corrected chi connectivity index (χ2v) is 7.72. The summed E-state index contributed by atoms with van der Waals surface area (Å²) in [6, 6.07) is 0.249. The van der Waals surface area contributed by atoms with Gasteiger partial charge in [-0.1, -0.05) is 0 Å². The van der Waals surface area contributed by atoms with E-state index < -0.39 is 0 Å². The van der Waals surface area contributed by atoms with E-state index >= 15 is 0 Å². The third-order valence-electron chi connectivity index (χ3n) is 3.76. The first kappa shape index (κ1) is 13.4. The number of fused-ring (bicyclic) bond motifs is 1. The molecule has 0 spiro atoms. The molecule has 3 nitrogen and oxygen atoms in total. The van der Waals surface area contributed by atoms with E-state index in [0.29, 0.717) is 4.77 Å². The lowest BCUT2D eigenvalue weighted by atomic mass is 10.1. The lowest BCUT2D eigenvalue weighted by Gasteiger charge is -2.23. The zero-order valence-electron chi connectivity index (χ0n) is 11.0. The second kappa shape index (κ2) is 5.07. The Morgan fingerprint density at radius 1 is 1.42 bits per heavy atom. The molecule has 3 rings (SSSR count). The molecule has 2 aromatic heterocycles. The first-order valence-corrected chi connectivity index (χ1v) is 8.80. The Morgan fingerprint density at radius 3 is 2.89 bits per heavy atom. The van der Waals surface area contributed by atoms with Crippen molar-refractivity contribution in [2.24, 2.45) is 0 Å². The van der Waals surface area contributed by atoms with E-state index in [1.54, 1.807) is 11.3 Å². The van der Waals surface area contributed by atoms with Crippen LogP contribution in [0.3, 0.4) is 0 Å². The molecule has 0 radical (unpaired) electrons. The van der Waals surface area contributed by atoms with Crippen LogP contribution in [0.15, 0.2) is 4.79 Å². The number of aryl methyl sites for hydroxylation is 2. The highest BCUT2D eigenvalue weighted by atomic mass is 32.2. The molecule has 1 N–H and O–H groups in total. The van der Waals surface area contributed by atoms with Gasteiger partial charge in [-0.05, 0) is 50.2 Å². The van der Waals surface area contributed by atoms with Crippen molar-refractivity contribution in [3.63, 3.8) is 0 Å². The first-order valence-electron chi connectivity index (χ1n) is 6.42. The van der Waals surface area contributed by atoms with Gasteiger partial charge in [-0.3, -0.25) is 9.36 Å². The lowest BCUT2D eigenvalue weighted by Crippen LogP contribution is -2.29. The minimum Gasteiger partial charge on any atom is -0.323 e. The fraction of sp³-hybridized carbons (Fsp3) is 0.538. The summed E-state index contributed by atoms with van der Waals surface area (Å²) in [5.41, 5.74) is 1.18. The summed E-state index contributed by atoms with van der Waals surface area (Å²) < 4.78 is 2.38. The van der Waals surface area contributed by atoms with E-state index in [-0.39, 0.29) is 11.6 Å². The van der Waals surface area contributed by atoms with E-state index in [1.165, 1.54) is 10.6 Å². The predicted molar refractivity (Wildman–Crippen MR) is 86.3 cm³/mol. The summed E-state index contributed by atoms with van der Waals surface area (Å²) in [5, 5.41) is 0.826. The maximum Gasteiger partial charge on any atom is 0.263 e. The molecule has 1 unspecified atom stereocenters. The molecule has 1 atom stereocenters. The van der Waals surface area contributed by atoms with Crippen molar-refractivity contribution in [2.45, 2.75) is 32.7 Å². The maximum absolute atomic E-state index is 12.8. The van der Waals surface area contributed by atoms with Crippen molar-refractivity contribution in [2.75, 3.05) is 11.5 Å². The number of nitrogens with zero attached hydrogens (tertiary/aromatic N) is 1. The van der Waals surface area contributed by atoms with Gasteiger partial charge in [0, 0.05) is 16.7 Å². The van der Waals surface area contributed by atoms with E-state index in [1.807, 2.05) is 23.3 Å². The molecule has 0 aromatic carbocycles. The first-order chi connectivity index (χ1) is 9.09. The molecule has 2 aromatic rings. The van der Waals surface area contributed by atoms with Crippen molar-refractivity contribution < 1.29 is 0 Å². The molecule has 0 amide bonds. The average molecular weight is 312 g/mol. The van der Waals surface area contributed by atoms with Crippen molar-refractivity contribution in [1.82, 2.24) is 9.55 Å².